The van der Waals surface area contributed by atoms with Crippen molar-refractivity contribution in [1.29, 1.82) is 0 Å². The molecule has 0 atom stereocenters. The van der Waals surface area contributed by atoms with E-state index < -0.39 is 0 Å². The van der Waals surface area contributed by atoms with Crippen LogP contribution >= 0.6 is 0 Å². The summed E-state index contributed by atoms with van der Waals surface area (Å²) in [6, 6.07) is 0. The maximum absolute atomic E-state index is 10.3. The van der Waals surface area contributed by atoms with E-state index in [2.05, 4.69) is 0 Å². The van der Waals surface area contributed by atoms with Crippen molar-refractivity contribution in [1.82, 2.24) is 5.06 Å². The number of nitrogens with zero attached hydrogens (tertiary/aromatic N) is 1. The normalized spacial score (nSPS) is 10.2. The van der Waals surface area contributed by atoms with Gasteiger partial charge in [-0.15, -0.1) is 0 Å². The first-order chi connectivity index (χ1) is 4.13. The summed E-state index contributed by atoms with van der Waals surface area (Å²) in [5.74, 6) is 0.178. The second-order valence-electron chi connectivity index (χ2n) is 2.19. The van der Waals surface area contributed by atoms with Gasteiger partial charge in [0, 0.05) is 20.0 Å². The summed E-state index contributed by atoms with van der Waals surface area (Å²) in [7, 11) is 1.57. The molecule has 0 rings (SSSR count). The van der Waals surface area contributed by atoms with Crippen LogP contribution in [0.5, 0.6) is 0 Å². The molecule has 0 heterocycles. The second kappa shape index (κ2) is 4.47. The molecule has 0 spiro atoms. The highest BCUT2D eigenvalue weighted by molar-refractivity contribution is 5.75. The Morgan fingerprint density at radius 2 is 2.22 bits per heavy atom. The number of carbonyl (C=O) groups excluding carboxylic acids is 1. The zero-order valence-electron chi connectivity index (χ0n) is 5.92. The first kappa shape index (κ1) is 8.59. The van der Waals surface area contributed by atoms with Gasteiger partial charge in [0.15, 0.2) is 0 Å². The number of Topliss-reactive ketones (excluding diaryl/α,β-unsaturated/α-hetero) is 1. The average molecular weight is 131 g/mol. The Hall–Kier alpha value is -0.410. The summed E-state index contributed by atoms with van der Waals surface area (Å²) in [4.78, 5) is 10.3. The standard InChI is InChI=1S/C6H13NO2/c1-6(8)4-3-5-7(2)9/h9H,3-5H2,1-2H3. The third kappa shape index (κ3) is 7.59. The fourth-order valence-corrected chi connectivity index (χ4v) is 0.557. The molecule has 0 aromatic carbocycles. The zero-order chi connectivity index (χ0) is 7.28. The third-order valence-corrected chi connectivity index (χ3v) is 1.01. The third-order valence-electron chi connectivity index (χ3n) is 1.01. The number of hydroxylamine groups is 2. The van der Waals surface area contributed by atoms with E-state index in [-0.39, 0.29) is 5.78 Å². The van der Waals surface area contributed by atoms with Crippen molar-refractivity contribution in [2.45, 2.75) is 19.8 Å². The van der Waals surface area contributed by atoms with Gasteiger partial charge in [-0.3, -0.25) is 0 Å². The molecular weight excluding hydrogens is 118 g/mol. The van der Waals surface area contributed by atoms with Gasteiger partial charge in [0.25, 0.3) is 0 Å². The lowest BCUT2D eigenvalue weighted by atomic mass is 10.2. The van der Waals surface area contributed by atoms with E-state index in [1.54, 1.807) is 14.0 Å². The molecule has 0 radical (unpaired) electrons. The van der Waals surface area contributed by atoms with Gasteiger partial charge >= 0.3 is 0 Å². The maximum atomic E-state index is 10.3. The van der Waals surface area contributed by atoms with Crippen LogP contribution in [0.15, 0.2) is 0 Å². The minimum Gasteiger partial charge on any atom is -0.314 e. The summed E-state index contributed by atoms with van der Waals surface area (Å²) in [5, 5.41) is 9.67. The van der Waals surface area contributed by atoms with Crippen LogP contribution in [0.25, 0.3) is 0 Å². The summed E-state index contributed by atoms with van der Waals surface area (Å²) in [6.45, 7) is 2.12. The molecule has 3 heteroatoms. The number of ketones is 1. The molecule has 0 aliphatic heterocycles. The SMILES string of the molecule is CC(=O)CCCN(C)O. The predicted molar refractivity (Wildman–Crippen MR) is 34.3 cm³/mol. The highest BCUT2D eigenvalue weighted by Crippen LogP contribution is 1.90. The van der Waals surface area contributed by atoms with E-state index >= 15 is 0 Å². The van der Waals surface area contributed by atoms with Crippen molar-refractivity contribution >= 4 is 5.78 Å². The largest absolute Gasteiger partial charge is 0.314 e. The summed E-state index contributed by atoms with van der Waals surface area (Å²) >= 11 is 0. The van der Waals surface area contributed by atoms with Gasteiger partial charge in [-0.05, 0) is 13.3 Å². The molecule has 0 aromatic heterocycles. The molecule has 0 amide bonds. The second-order valence-corrected chi connectivity index (χ2v) is 2.19. The Balaban J connectivity index is 3.01. The van der Waals surface area contributed by atoms with Crippen molar-refractivity contribution in [2.75, 3.05) is 13.6 Å². The molecule has 0 fully saturated rings. The summed E-state index contributed by atoms with van der Waals surface area (Å²) in [5.41, 5.74) is 0. The van der Waals surface area contributed by atoms with Gasteiger partial charge in [0.05, 0.1) is 0 Å². The molecule has 0 saturated heterocycles. The highest BCUT2D eigenvalue weighted by atomic mass is 16.5. The van der Waals surface area contributed by atoms with Crippen LogP contribution in [-0.4, -0.2) is 29.6 Å². The number of carbonyl (C=O) groups is 1. The van der Waals surface area contributed by atoms with Crippen LogP contribution in [-0.2, 0) is 4.79 Å². The topological polar surface area (TPSA) is 40.5 Å². The summed E-state index contributed by atoms with van der Waals surface area (Å²) < 4.78 is 0. The van der Waals surface area contributed by atoms with Crippen LogP contribution in [0.2, 0.25) is 0 Å². The van der Waals surface area contributed by atoms with Crippen molar-refractivity contribution in [3.8, 4) is 0 Å². The zero-order valence-corrected chi connectivity index (χ0v) is 5.92. The van der Waals surface area contributed by atoms with Gasteiger partial charge < -0.3 is 10.0 Å². The Bertz CT molecular complexity index is 91.1. The fourth-order valence-electron chi connectivity index (χ4n) is 0.557. The molecular formula is C6H13NO2. The molecule has 54 valence electrons. The molecule has 9 heavy (non-hydrogen) atoms. The summed E-state index contributed by atoms with van der Waals surface area (Å²) in [6.07, 6.45) is 1.30. The van der Waals surface area contributed by atoms with Crippen LogP contribution in [0, 0.1) is 0 Å². The molecule has 0 aromatic rings. The van der Waals surface area contributed by atoms with E-state index in [1.165, 1.54) is 0 Å². The monoisotopic (exact) mass is 131 g/mol. The van der Waals surface area contributed by atoms with Crippen molar-refractivity contribution in [3.63, 3.8) is 0 Å². The molecule has 0 bridgehead atoms. The molecule has 0 unspecified atom stereocenters. The van der Waals surface area contributed by atoms with Gasteiger partial charge in [-0.1, -0.05) is 0 Å². The molecule has 0 saturated carbocycles. The van der Waals surface area contributed by atoms with Crippen molar-refractivity contribution in [3.05, 3.63) is 0 Å². The average Bonchev–Trinajstić information content (AvgIpc) is 1.63. The number of hydrogen-bond acceptors (Lipinski definition) is 3. The van der Waals surface area contributed by atoms with Gasteiger partial charge in [-0.2, -0.15) is 5.06 Å². The molecule has 3 nitrogen and oxygen atoms in total. The Kier molecular flexibility index (Phi) is 4.26. The Morgan fingerprint density at radius 1 is 1.67 bits per heavy atom. The van der Waals surface area contributed by atoms with Crippen LogP contribution < -0.4 is 0 Å². The quantitative estimate of drug-likeness (QED) is 0.570. The van der Waals surface area contributed by atoms with E-state index in [0.717, 1.165) is 11.5 Å². The van der Waals surface area contributed by atoms with E-state index in [9.17, 15) is 4.79 Å². The Labute approximate surface area is 55.2 Å². The van der Waals surface area contributed by atoms with Crippen LogP contribution in [0.3, 0.4) is 0 Å². The van der Waals surface area contributed by atoms with Crippen LogP contribution in [0.1, 0.15) is 19.8 Å². The van der Waals surface area contributed by atoms with Crippen molar-refractivity contribution in [2.24, 2.45) is 0 Å². The number of hydrogen-bond donors (Lipinski definition) is 1. The minimum absolute atomic E-state index is 0.178. The first-order valence-corrected chi connectivity index (χ1v) is 3.02. The lowest BCUT2D eigenvalue weighted by molar-refractivity contribution is -0.117. The van der Waals surface area contributed by atoms with Gasteiger partial charge in [0.1, 0.15) is 5.78 Å². The molecule has 0 aliphatic rings. The van der Waals surface area contributed by atoms with Crippen LogP contribution in [0.4, 0.5) is 0 Å². The maximum Gasteiger partial charge on any atom is 0.129 e. The van der Waals surface area contributed by atoms with Gasteiger partial charge in [0.2, 0.25) is 0 Å². The highest BCUT2D eigenvalue weighted by Gasteiger charge is 1.94. The molecule has 0 aliphatic carbocycles. The lowest BCUT2D eigenvalue weighted by Crippen LogP contribution is -2.14. The minimum atomic E-state index is 0.178. The lowest BCUT2D eigenvalue weighted by Gasteiger charge is -2.04. The van der Waals surface area contributed by atoms with E-state index in [0.29, 0.717) is 13.0 Å². The first-order valence-electron chi connectivity index (χ1n) is 3.02. The smallest absolute Gasteiger partial charge is 0.129 e. The van der Waals surface area contributed by atoms with E-state index in [1.807, 2.05) is 0 Å². The molecule has 1 N–H and O–H groups in total. The van der Waals surface area contributed by atoms with Crippen molar-refractivity contribution < 1.29 is 10.0 Å². The van der Waals surface area contributed by atoms with Gasteiger partial charge in [-0.25, -0.2) is 0 Å². The Morgan fingerprint density at radius 3 is 2.56 bits per heavy atom. The number of rotatable bonds is 4. The fraction of sp³-hybridized carbons (Fsp3) is 0.833. The predicted octanol–water partition coefficient (Wildman–Crippen LogP) is 0.677. The van der Waals surface area contributed by atoms with E-state index in [4.69, 9.17) is 5.21 Å².